The summed E-state index contributed by atoms with van der Waals surface area (Å²) in [7, 11) is 4.09. The molecule has 0 aliphatic heterocycles. The van der Waals surface area contributed by atoms with E-state index in [4.69, 9.17) is 4.74 Å². The third kappa shape index (κ3) is 5.47. The Morgan fingerprint density at radius 1 is 1.33 bits per heavy atom. The van der Waals surface area contributed by atoms with E-state index in [-0.39, 0.29) is 6.61 Å². The van der Waals surface area contributed by atoms with Gasteiger partial charge in [-0.15, -0.1) is 0 Å². The SMILES string of the molecule is CCCc1cc(CO)cc(OCCCN(C)C)n1. The van der Waals surface area contributed by atoms with Gasteiger partial charge in [-0.1, -0.05) is 13.3 Å². The van der Waals surface area contributed by atoms with Crippen molar-refractivity contribution in [2.75, 3.05) is 27.2 Å². The first-order chi connectivity index (χ1) is 8.65. The molecule has 0 saturated heterocycles. The Balaban J connectivity index is 2.55. The van der Waals surface area contributed by atoms with Gasteiger partial charge in [0.25, 0.3) is 0 Å². The molecule has 0 spiro atoms. The maximum atomic E-state index is 9.21. The standard InChI is InChI=1S/C14H24N2O2/c1-4-6-13-9-12(11-17)10-14(15-13)18-8-5-7-16(2)3/h9-10,17H,4-8,11H2,1-3H3. The lowest BCUT2D eigenvalue weighted by Gasteiger charge is -2.11. The fourth-order valence-electron chi connectivity index (χ4n) is 1.73. The van der Waals surface area contributed by atoms with Crippen molar-refractivity contribution < 1.29 is 9.84 Å². The van der Waals surface area contributed by atoms with Crippen LogP contribution in [0.15, 0.2) is 12.1 Å². The molecule has 4 nitrogen and oxygen atoms in total. The molecular formula is C14H24N2O2. The van der Waals surface area contributed by atoms with Gasteiger partial charge >= 0.3 is 0 Å². The molecule has 0 aliphatic carbocycles. The van der Waals surface area contributed by atoms with Gasteiger partial charge in [-0.2, -0.15) is 0 Å². The fraction of sp³-hybridized carbons (Fsp3) is 0.643. The van der Waals surface area contributed by atoms with E-state index in [0.29, 0.717) is 12.5 Å². The van der Waals surface area contributed by atoms with Gasteiger partial charge in [-0.25, -0.2) is 4.98 Å². The summed E-state index contributed by atoms with van der Waals surface area (Å²) < 4.78 is 5.64. The van der Waals surface area contributed by atoms with Gasteiger partial charge < -0.3 is 14.7 Å². The molecule has 1 aromatic rings. The number of aliphatic hydroxyl groups is 1. The lowest BCUT2D eigenvalue weighted by atomic mass is 10.2. The number of hydrogen-bond acceptors (Lipinski definition) is 4. The summed E-state index contributed by atoms with van der Waals surface area (Å²) in [5.41, 5.74) is 1.86. The Hall–Kier alpha value is -1.13. The van der Waals surface area contributed by atoms with Crippen LogP contribution in [0, 0.1) is 0 Å². The second-order valence-corrected chi connectivity index (χ2v) is 4.72. The molecule has 0 radical (unpaired) electrons. The molecule has 0 unspecified atom stereocenters. The van der Waals surface area contributed by atoms with Crippen LogP contribution in [0.4, 0.5) is 0 Å². The molecule has 1 heterocycles. The first-order valence-electron chi connectivity index (χ1n) is 6.54. The smallest absolute Gasteiger partial charge is 0.213 e. The quantitative estimate of drug-likeness (QED) is 0.717. The van der Waals surface area contributed by atoms with Crippen molar-refractivity contribution in [2.24, 2.45) is 0 Å². The number of nitrogens with zero attached hydrogens (tertiary/aromatic N) is 2. The number of aryl methyl sites for hydroxylation is 1. The highest BCUT2D eigenvalue weighted by Gasteiger charge is 2.03. The second kappa shape index (κ2) is 8.06. The predicted octanol–water partition coefficient (Wildman–Crippen LogP) is 1.86. The largest absolute Gasteiger partial charge is 0.478 e. The average Bonchev–Trinajstić information content (AvgIpc) is 2.34. The molecule has 0 bridgehead atoms. The van der Waals surface area contributed by atoms with Crippen LogP contribution >= 0.6 is 0 Å². The molecule has 1 rings (SSSR count). The lowest BCUT2D eigenvalue weighted by molar-refractivity contribution is 0.266. The highest BCUT2D eigenvalue weighted by Crippen LogP contribution is 2.14. The lowest BCUT2D eigenvalue weighted by Crippen LogP contribution is -2.15. The summed E-state index contributed by atoms with van der Waals surface area (Å²) in [5.74, 6) is 0.628. The fourth-order valence-corrected chi connectivity index (χ4v) is 1.73. The molecular weight excluding hydrogens is 228 g/mol. The summed E-state index contributed by atoms with van der Waals surface area (Å²) in [6, 6.07) is 3.75. The molecule has 18 heavy (non-hydrogen) atoms. The van der Waals surface area contributed by atoms with E-state index in [1.165, 1.54) is 0 Å². The summed E-state index contributed by atoms with van der Waals surface area (Å²) in [6.45, 7) is 3.81. The summed E-state index contributed by atoms with van der Waals surface area (Å²) >= 11 is 0. The highest BCUT2D eigenvalue weighted by molar-refractivity contribution is 5.24. The summed E-state index contributed by atoms with van der Waals surface area (Å²) in [6.07, 6.45) is 2.94. The van der Waals surface area contributed by atoms with Gasteiger partial charge in [0.15, 0.2) is 0 Å². The van der Waals surface area contributed by atoms with Crippen LogP contribution in [-0.4, -0.2) is 42.2 Å². The monoisotopic (exact) mass is 252 g/mol. The van der Waals surface area contributed by atoms with Crippen molar-refractivity contribution in [1.29, 1.82) is 0 Å². The predicted molar refractivity (Wildman–Crippen MR) is 72.8 cm³/mol. The minimum atomic E-state index is 0.0350. The Morgan fingerprint density at radius 2 is 2.11 bits per heavy atom. The Bertz CT molecular complexity index is 354. The highest BCUT2D eigenvalue weighted by atomic mass is 16.5. The molecule has 4 heteroatoms. The van der Waals surface area contributed by atoms with E-state index in [9.17, 15) is 5.11 Å². The Morgan fingerprint density at radius 3 is 2.72 bits per heavy atom. The molecule has 0 atom stereocenters. The molecule has 1 aromatic heterocycles. The number of pyridine rings is 1. The van der Waals surface area contributed by atoms with Gasteiger partial charge in [-0.05, 0) is 38.6 Å². The first kappa shape index (κ1) is 14.9. The molecule has 0 aliphatic rings. The van der Waals surface area contributed by atoms with Gasteiger partial charge in [0.1, 0.15) is 0 Å². The molecule has 0 amide bonds. The minimum absolute atomic E-state index is 0.0350. The number of hydrogen-bond donors (Lipinski definition) is 1. The van der Waals surface area contributed by atoms with Crippen molar-refractivity contribution in [3.05, 3.63) is 23.4 Å². The van der Waals surface area contributed by atoms with Gasteiger partial charge in [0, 0.05) is 18.3 Å². The molecule has 0 saturated carbocycles. The van der Waals surface area contributed by atoms with Crippen LogP contribution < -0.4 is 4.74 Å². The van der Waals surface area contributed by atoms with Crippen LogP contribution in [0.25, 0.3) is 0 Å². The van der Waals surface area contributed by atoms with Crippen LogP contribution in [0.2, 0.25) is 0 Å². The zero-order valence-corrected chi connectivity index (χ0v) is 11.6. The van der Waals surface area contributed by atoms with E-state index in [1.807, 2.05) is 26.2 Å². The van der Waals surface area contributed by atoms with Crippen molar-refractivity contribution in [2.45, 2.75) is 32.8 Å². The molecule has 0 aromatic carbocycles. The number of rotatable bonds is 8. The zero-order chi connectivity index (χ0) is 13.4. The van der Waals surface area contributed by atoms with Crippen LogP contribution in [-0.2, 0) is 13.0 Å². The van der Waals surface area contributed by atoms with E-state index in [1.54, 1.807) is 0 Å². The third-order valence-electron chi connectivity index (χ3n) is 2.60. The van der Waals surface area contributed by atoms with E-state index < -0.39 is 0 Å². The Kier molecular flexibility index (Phi) is 6.68. The summed E-state index contributed by atoms with van der Waals surface area (Å²) in [5, 5.41) is 9.21. The van der Waals surface area contributed by atoms with E-state index in [0.717, 1.165) is 37.1 Å². The number of aromatic nitrogens is 1. The first-order valence-corrected chi connectivity index (χ1v) is 6.54. The van der Waals surface area contributed by atoms with E-state index >= 15 is 0 Å². The topological polar surface area (TPSA) is 45.6 Å². The van der Waals surface area contributed by atoms with Gasteiger partial charge in [0.2, 0.25) is 5.88 Å². The normalized spacial score (nSPS) is 10.9. The maximum absolute atomic E-state index is 9.21. The van der Waals surface area contributed by atoms with Crippen LogP contribution in [0.3, 0.4) is 0 Å². The molecule has 1 N–H and O–H groups in total. The van der Waals surface area contributed by atoms with Crippen molar-refractivity contribution >= 4 is 0 Å². The minimum Gasteiger partial charge on any atom is -0.478 e. The van der Waals surface area contributed by atoms with Crippen molar-refractivity contribution in [1.82, 2.24) is 9.88 Å². The summed E-state index contributed by atoms with van der Waals surface area (Å²) in [4.78, 5) is 6.57. The second-order valence-electron chi connectivity index (χ2n) is 4.72. The van der Waals surface area contributed by atoms with E-state index in [2.05, 4.69) is 16.8 Å². The number of aliphatic hydroxyl groups excluding tert-OH is 1. The Labute approximate surface area is 110 Å². The molecule has 102 valence electrons. The van der Waals surface area contributed by atoms with Crippen LogP contribution in [0.1, 0.15) is 31.0 Å². The molecule has 0 fully saturated rings. The van der Waals surface area contributed by atoms with Crippen molar-refractivity contribution in [3.8, 4) is 5.88 Å². The van der Waals surface area contributed by atoms with Gasteiger partial charge in [0.05, 0.1) is 13.2 Å². The third-order valence-corrected chi connectivity index (χ3v) is 2.60. The average molecular weight is 252 g/mol. The van der Waals surface area contributed by atoms with Gasteiger partial charge in [-0.3, -0.25) is 0 Å². The van der Waals surface area contributed by atoms with Crippen LogP contribution in [0.5, 0.6) is 5.88 Å². The number of ether oxygens (including phenoxy) is 1. The maximum Gasteiger partial charge on any atom is 0.213 e. The van der Waals surface area contributed by atoms with Crippen molar-refractivity contribution in [3.63, 3.8) is 0 Å². The zero-order valence-electron chi connectivity index (χ0n) is 11.6.